The van der Waals surface area contributed by atoms with Gasteiger partial charge in [0.05, 0.1) is 6.61 Å². The van der Waals surface area contributed by atoms with Crippen molar-refractivity contribution in [2.75, 3.05) is 13.7 Å². The van der Waals surface area contributed by atoms with Gasteiger partial charge in [0.25, 0.3) is 0 Å². The third-order valence-corrected chi connectivity index (χ3v) is 3.93. The topological polar surface area (TPSA) is 21.3 Å². The van der Waals surface area contributed by atoms with Gasteiger partial charge < -0.3 is 10.1 Å². The SMILES string of the molecule is CNC(CCOc1cccc(C)c1)c1cc(Cl)ccc1Cl. The molecule has 2 aromatic carbocycles. The van der Waals surface area contributed by atoms with E-state index in [0.29, 0.717) is 16.7 Å². The molecule has 0 saturated heterocycles. The van der Waals surface area contributed by atoms with E-state index in [-0.39, 0.29) is 6.04 Å². The summed E-state index contributed by atoms with van der Waals surface area (Å²) in [6.07, 6.45) is 0.810. The average Bonchev–Trinajstić information content (AvgIpc) is 2.47. The van der Waals surface area contributed by atoms with Gasteiger partial charge in [-0.05, 0) is 55.4 Å². The van der Waals surface area contributed by atoms with Crippen LogP contribution in [0, 0.1) is 6.92 Å². The molecule has 2 nitrogen and oxygen atoms in total. The Kier molecular flexibility index (Phi) is 5.92. The summed E-state index contributed by atoms with van der Waals surface area (Å²) in [5.41, 5.74) is 2.19. The number of nitrogens with one attached hydrogen (secondary N) is 1. The minimum Gasteiger partial charge on any atom is -0.494 e. The van der Waals surface area contributed by atoms with Crippen molar-refractivity contribution in [1.29, 1.82) is 0 Å². The van der Waals surface area contributed by atoms with Crippen LogP contribution in [0.5, 0.6) is 5.75 Å². The Morgan fingerprint density at radius 1 is 1.14 bits per heavy atom. The fourth-order valence-electron chi connectivity index (χ4n) is 2.24. The smallest absolute Gasteiger partial charge is 0.119 e. The van der Waals surface area contributed by atoms with Crippen LogP contribution < -0.4 is 10.1 Å². The van der Waals surface area contributed by atoms with Crippen LogP contribution in [0.1, 0.15) is 23.6 Å². The number of ether oxygens (including phenoxy) is 1. The molecule has 0 radical (unpaired) electrons. The van der Waals surface area contributed by atoms with Gasteiger partial charge in [-0.2, -0.15) is 0 Å². The van der Waals surface area contributed by atoms with Crippen molar-refractivity contribution >= 4 is 23.2 Å². The summed E-state index contributed by atoms with van der Waals surface area (Å²) in [6, 6.07) is 13.7. The molecule has 4 heteroatoms. The normalized spacial score (nSPS) is 12.2. The van der Waals surface area contributed by atoms with Gasteiger partial charge in [-0.1, -0.05) is 35.3 Å². The lowest BCUT2D eigenvalue weighted by Crippen LogP contribution is -2.19. The molecule has 21 heavy (non-hydrogen) atoms. The number of hydrogen-bond acceptors (Lipinski definition) is 2. The van der Waals surface area contributed by atoms with Crippen LogP contribution in [-0.2, 0) is 0 Å². The predicted molar refractivity (Wildman–Crippen MR) is 89.6 cm³/mol. The van der Waals surface area contributed by atoms with Gasteiger partial charge in [-0.3, -0.25) is 0 Å². The summed E-state index contributed by atoms with van der Waals surface area (Å²) in [5.74, 6) is 0.891. The molecule has 0 heterocycles. The molecule has 2 aromatic rings. The Bertz CT molecular complexity index is 601. The molecule has 2 rings (SSSR count). The van der Waals surface area contributed by atoms with Crippen LogP contribution >= 0.6 is 23.2 Å². The summed E-state index contributed by atoms with van der Waals surface area (Å²) in [7, 11) is 1.91. The lowest BCUT2D eigenvalue weighted by Gasteiger charge is -2.18. The van der Waals surface area contributed by atoms with Gasteiger partial charge in [0, 0.05) is 22.5 Å². The van der Waals surface area contributed by atoms with Crippen molar-refractivity contribution in [3.63, 3.8) is 0 Å². The highest BCUT2D eigenvalue weighted by molar-refractivity contribution is 6.33. The highest BCUT2D eigenvalue weighted by Gasteiger charge is 2.13. The lowest BCUT2D eigenvalue weighted by atomic mass is 10.0. The van der Waals surface area contributed by atoms with Crippen molar-refractivity contribution in [2.45, 2.75) is 19.4 Å². The second kappa shape index (κ2) is 7.69. The van der Waals surface area contributed by atoms with E-state index < -0.39 is 0 Å². The summed E-state index contributed by atoms with van der Waals surface area (Å²) >= 11 is 12.3. The van der Waals surface area contributed by atoms with E-state index >= 15 is 0 Å². The van der Waals surface area contributed by atoms with Crippen molar-refractivity contribution in [3.05, 3.63) is 63.6 Å². The van der Waals surface area contributed by atoms with Crippen LogP contribution in [0.15, 0.2) is 42.5 Å². The van der Waals surface area contributed by atoms with E-state index in [9.17, 15) is 0 Å². The fraction of sp³-hybridized carbons (Fsp3) is 0.294. The Morgan fingerprint density at radius 2 is 1.95 bits per heavy atom. The average molecular weight is 324 g/mol. The first-order valence-electron chi connectivity index (χ1n) is 6.92. The molecule has 0 fully saturated rings. The molecule has 0 saturated carbocycles. The first-order valence-corrected chi connectivity index (χ1v) is 7.67. The highest BCUT2D eigenvalue weighted by atomic mass is 35.5. The number of rotatable bonds is 6. The lowest BCUT2D eigenvalue weighted by molar-refractivity contribution is 0.290. The van der Waals surface area contributed by atoms with Gasteiger partial charge in [0.1, 0.15) is 5.75 Å². The monoisotopic (exact) mass is 323 g/mol. The van der Waals surface area contributed by atoms with Gasteiger partial charge in [0.15, 0.2) is 0 Å². The van der Waals surface area contributed by atoms with Crippen molar-refractivity contribution < 1.29 is 4.74 Å². The zero-order valence-corrected chi connectivity index (χ0v) is 13.7. The zero-order chi connectivity index (χ0) is 15.2. The summed E-state index contributed by atoms with van der Waals surface area (Å²) < 4.78 is 5.79. The Hall–Kier alpha value is -1.22. The summed E-state index contributed by atoms with van der Waals surface area (Å²) in [4.78, 5) is 0. The highest BCUT2D eigenvalue weighted by Crippen LogP contribution is 2.28. The maximum absolute atomic E-state index is 6.25. The molecule has 0 amide bonds. The van der Waals surface area contributed by atoms with Crippen molar-refractivity contribution in [3.8, 4) is 5.75 Å². The molecule has 1 unspecified atom stereocenters. The van der Waals surface area contributed by atoms with E-state index in [0.717, 1.165) is 17.7 Å². The minimum absolute atomic E-state index is 0.112. The first kappa shape index (κ1) is 16.2. The number of halogens is 2. The third-order valence-electron chi connectivity index (χ3n) is 3.35. The second-order valence-electron chi connectivity index (χ2n) is 4.96. The Balaban J connectivity index is 1.98. The van der Waals surface area contributed by atoms with Gasteiger partial charge >= 0.3 is 0 Å². The van der Waals surface area contributed by atoms with Crippen LogP contribution in [0.25, 0.3) is 0 Å². The van der Waals surface area contributed by atoms with Crippen LogP contribution in [0.3, 0.4) is 0 Å². The molecule has 0 aliphatic heterocycles. The van der Waals surface area contributed by atoms with E-state index in [1.165, 1.54) is 5.56 Å². The van der Waals surface area contributed by atoms with Gasteiger partial charge in [0.2, 0.25) is 0 Å². The molecule has 112 valence electrons. The van der Waals surface area contributed by atoms with E-state index in [1.807, 2.05) is 37.4 Å². The molecular weight excluding hydrogens is 305 g/mol. The number of hydrogen-bond donors (Lipinski definition) is 1. The molecule has 1 N–H and O–H groups in total. The van der Waals surface area contributed by atoms with Crippen molar-refractivity contribution in [2.24, 2.45) is 0 Å². The van der Waals surface area contributed by atoms with E-state index in [1.54, 1.807) is 6.07 Å². The maximum atomic E-state index is 6.25. The Labute approximate surface area is 136 Å². The standard InChI is InChI=1S/C17H19Cl2NO/c1-12-4-3-5-14(10-12)21-9-8-17(20-2)15-11-13(18)6-7-16(15)19/h3-7,10-11,17,20H,8-9H2,1-2H3. The van der Waals surface area contributed by atoms with Crippen LogP contribution in [-0.4, -0.2) is 13.7 Å². The Morgan fingerprint density at radius 3 is 2.67 bits per heavy atom. The quantitative estimate of drug-likeness (QED) is 0.804. The van der Waals surface area contributed by atoms with E-state index in [4.69, 9.17) is 27.9 Å². The largest absolute Gasteiger partial charge is 0.494 e. The molecule has 1 atom stereocenters. The van der Waals surface area contributed by atoms with Crippen molar-refractivity contribution in [1.82, 2.24) is 5.32 Å². The number of benzene rings is 2. The molecule has 0 aliphatic rings. The summed E-state index contributed by atoms with van der Waals surface area (Å²) in [5, 5.41) is 4.67. The maximum Gasteiger partial charge on any atom is 0.119 e. The third kappa shape index (κ3) is 4.63. The van der Waals surface area contributed by atoms with E-state index in [2.05, 4.69) is 18.3 Å². The molecule has 0 aliphatic carbocycles. The van der Waals surface area contributed by atoms with Gasteiger partial charge in [-0.15, -0.1) is 0 Å². The molecular formula is C17H19Cl2NO. The molecule has 0 aromatic heterocycles. The van der Waals surface area contributed by atoms with Gasteiger partial charge in [-0.25, -0.2) is 0 Å². The van der Waals surface area contributed by atoms with Crippen LogP contribution in [0.2, 0.25) is 10.0 Å². The minimum atomic E-state index is 0.112. The number of aryl methyl sites for hydroxylation is 1. The second-order valence-corrected chi connectivity index (χ2v) is 5.80. The summed E-state index contributed by atoms with van der Waals surface area (Å²) in [6.45, 7) is 2.66. The predicted octanol–water partition coefficient (Wildman–Crippen LogP) is 5.03. The zero-order valence-electron chi connectivity index (χ0n) is 12.2. The first-order chi connectivity index (χ1) is 10.1. The van der Waals surface area contributed by atoms with Crippen LogP contribution in [0.4, 0.5) is 0 Å². The fourth-order valence-corrected chi connectivity index (χ4v) is 2.67. The molecule has 0 spiro atoms. The molecule has 0 bridgehead atoms.